The van der Waals surface area contributed by atoms with Gasteiger partial charge in [0.05, 0.1) is 22.5 Å². The molecule has 31 heavy (non-hydrogen) atoms. The molecule has 0 aliphatic rings. The quantitative estimate of drug-likeness (QED) is 0.566. The Morgan fingerprint density at radius 1 is 1.19 bits per heavy atom. The number of aryl methyl sites for hydroxylation is 1. The highest BCUT2D eigenvalue weighted by Crippen LogP contribution is 2.30. The van der Waals surface area contributed by atoms with Gasteiger partial charge in [-0.1, -0.05) is 24.3 Å². The van der Waals surface area contributed by atoms with Crippen LogP contribution in [-0.2, 0) is 16.6 Å². The van der Waals surface area contributed by atoms with Crippen molar-refractivity contribution in [2.24, 2.45) is 5.73 Å². The number of halogens is 2. The average Bonchev–Trinajstić information content (AvgIpc) is 2.95. The van der Waals surface area contributed by atoms with Crippen LogP contribution in [0.5, 0.6) is 0 Å². The lowest BCUT2D eigenvalue weighted by molar-refractivity contribution is 0.491. The number of imidazole rings is 1. The summed E-state index contributed by atoms with van der Waals surface area (Å²) in [5.74, 6) is 0.373. The molecule has 0 atom stereocenters. The second-order valence-corrected chi connectivity index (χ2v) is 9.87. The van der Waals surface area contributed by atoms with Crippen LogP contribution in [0.1, 0.15) is 26.6 Å². The van der Waals surface area contributed by atoms with Gasteiger partial charge < -0.3 is 10.3 Å². The summed E-state index contributed by atoms with van der Waals surface area (Å²) in [6, 6.07) is 12.4. The molecule has 0 aliphatic carbocycles. The summed E-state index contributed by atoms with van der Waals surface area (Å²) in [5.41, 5.74) is 8.05. The Morgan fingerprint density at radius 2 is 1.84 bits per heavy atom. The van der Waals surface area contributed by atoms with E-state index in [9.17, 15) is 12.8 Å². The number of allylic oxidation sites excluding steroid dienone is 1. The number of benzene rings is 2. The van der Waals surface area contributed by atoms with Crippen LogP contribution in [0, 0.1) is 6.92 Å². The molecule has 1 heterocycles. The third kappa shape index (κ3) is 5.71. The fourth-order valence-electron chi connectivity index (χ4n) is 3.31. The molecule has 3 aromatic rings. The average molecular weight is 467 g/mol. The molecule has 6 nitrogen and oxygen atoms in total. The minimum absolute atomic E-state index is 0. The number of hydrogen-bond donors (Lipinski definition) is 2. The summed E-state index contributed by atoms with van der Waals surface area (Å²) in [7, 11) is -3.61. The first-order valence-electron chi connectivity index (χ1n) is 9.67. The number of nitrogens with zero attached hydrogens (tertiary/aromatic N) is 2. The minimum Gasteiger partial charge on any atom is -0.327 e. The van der Waals surface area contributed by atoms with Crippen LogP contribution in [0.3, 0.4) is 0 Å². The summed E-state index contributed by atoms with van der Waals surface area (Å²) in [4.78, 5) is 4.83. The lowest BCUT2D eigenvalue weighted by atomic mass is 10.0. The standard InChI is InChI=1S/C22H27FN4O2S.ClH/c1-15-25-21-19(6-5-7-20(21)27(15)14-17(23)12-13-24)16-8-10-18(11-9-16)30(28,29)26-22(2,3)4;/h5-12,26H,13-14,24H2,1-4H3;1H/b17-12-;. The van der Waals surface area contributed by atoms with E-state index in [-0.39, 0.29) is 36.2 Å². The Bertz CT molecular complexity index is 1200. The van der Waals surface area contributed by atoms with E-state index in [1.54, 1.807) is 49.6 Å². The molecule has 0 spiro atoms. The molecule has 168 valence electrons. The van der Waals surface area contributed by atoms with Crippen molar-refractivity contribution in [2.75, 3.05) is 6.54 Å². The largest absolute Gasteiger partial charge is 0.327 e. The predicted molar refractivity (Wildman–Crippen MR) is 125 cm³/mol. The SMILES string of the molecule is Cc1nc2c(-c3ccc(S(=O)(=O)NC(C)(C)C)cc3)cccc2n1C/C(F)=C/CN.Cl. The number of aromatic nitrogens is 2. The van der Waals surface area contributed by atoms with E-state index < -0.39 is 15.6 Å². The fourth-order valence-corrected chi connectivity index (χ4v) is 4.73. The van der Waals surface area contributed by atoms with Gasteiger partial charge in [0.15, 0.2) is 0 Å². The summed E-state index contributed by atoms with van der Waals surface area (Å²) in [5, 5.41) is 0. The van der Waals surface area contributed by atoms with Gasteiger partial charge in [0.25, 0.3) is 0 Å². The molecule has 1 aromatic heterocycles. The molecule has 3 N–H and O–H groups in total. The van der Waals surface area contributed by atoms with Crippen molar-refractivity contribution in [1.29, 1.82) is 0 Å². The Balaban J connectivity index is 0.00000341. The van der Waals surface area contributed by atoms with Crippen LogP contribution in [0.25, 0.3) is 22.2 Å². The van der Waals surface area contributed by atoms with Crippen LogP contribution < -0.4 is 10.5 Å². The van der Waals surface area contributed by atoms with Crippen molar-refractivity contribution in [2.45, 2.75) is 44.7 Å². The van der Waals surface area contributed by atoms with Crippen LogP contribution >= 0.6 is 12.4 Å². The third-order valence-electron chi connectivity index (χ3n) is 4.53. The molecule has 0 radical (unpaired) electrons. The molecule has 3 rings (SSSR count). The van der Waals surface area contributed by atoms with Crippen molar-refractivity contribution < 1.29 is 12.8 Å². The number of fused-ring (bicyclic) bond motifs is 1. The highest BCUT2D eigenvalue weighted by atomic mass is 35.5. The van der Waals surface area contributed by atoms with E-state index in [1.165, 1.54) is 6.08 Å². The topological polar surface area (TPSA) is 90.0 Å². The smallest absolute Gasteiger partial charge is 0.241 e. The van der Waals surface area contributed by atoms with E-state index in [0.29, 0.717) is 5.82 Å². The summed E-state index contributed by atoms with van der Waals surface area (Å²) >= 11 is 0. The van der Waals surface area contributed by atoms with Gasteiger partial charge in [-0.25, -0.2) is 22.5 Å². The Hall–Kier alpha value is -2.26. The second kappa shape index (κ2) is 9.48. The minimum atomic E-state index is -3.61. The van der Waals surface area contributed by atoms with Crippen LogP contribution in [0.2, 0.25) is 0 Å². The number of sulfonamides is 1. The van der Waals surface area contributed by atoms with E-state index in [4.69, 9.17) is 5.73 Å². The Kier molecular flexibility index (Phi) is 7.65. The first-order chi connectivity index (χ1) is 14.0. The monoisotopic (exact) mass is 466 g/mol. The van der Waals surface area contributed by atoms with Gasteiger partial charge >= 0.3 is 0 Å². The van der Waals surface area contributed by atoms with E-state index in [2.05, 4.69) is 9.71 Å². The van der Waals surface area contributed by atoms with Crippen molar-refractivity contribution in [1.82, 2.24) is 14.3 Å². The zero-order valence-electron chi connectivity index (χ0n) is 18.0. The maximum absolute atomic E-state index is 14.0. The maximum atomic E-state index is 14.0. The van der Waals surface area contributed by atoms with E-state index in [0.717, 1.165) is 22.2 Å². The number of rotatable bonds is 6. The van der Waals surface area contributed by atoms with Gasteiger partial charge in [-0.3, -0.25) is 0 Å². The normalized spacial score (nSPS) is 12.8. The highest BCUT2D eigenvalue weighted by molar-refractivity contribution is 7.89. The maximum Gasteiger partial charge on any atom is 0.241 e. The van der Waals surface area contributed by atoms with Gasteiger partial charge in [-0.2, -0.15) is 0 Å². The molecule has 0 saturated heterocycles. The molecule has 0 aliphatic heterocycles. The fraction of sp³-hybridized carbons (Fsp3) is 0.318. The molecular weight excluding hydrogens is 439 g/mol. The van der Waals surface area contributed by atoms with Gasteiger partial charge in [-0.05, 0) is 57.5 Å². The van der Waals surface area contributed by atoms with Crippen LogP contribution in [0.15, 0.2) is 59.3 Å². The van der Waals surface area contributed by atoms with Crippen molar-refractivity contribution in [3.8, 4) is 11.1 Å². The lowest BCUT2D eigenvalue weighted by Gasteiger charge is -2.20. The number of nitrogens with two attached hydrogens (primary N) is 1. The Morgan fingerprint density at radius 3 is 2.42 bits per heavy atom. The molecule has 9 heteroatoms. The van der Waals surface area contributed by atoms with Crippen molar-refractivity contribution in [3.05, 3.63) is 60.2 Å². The Labute approximate surface area is 188 Å². The first-order valence-corrected chi connectivity index (χ1v) is 11.1. The summed E-state index contributed by atoms with van der Waals surface area (Å²) < 4.78 is 43.6. The number of para-hydroxylation sites is 1. The molecule has 0 amide bonds. The van der Waals surface area contributed by atoms with Crippen molar-refractivity contribution >= 4 is 33.5 Å². The molecule has 0 fully saturated rings. The van der Waals surface area contributed by atoms with Gasteiger partial charge in [0.1, 0.15) is 11.7 Å². The predicted octanol–water partition coefficient (Wildman–Crippen LogP) is 4.32. The summed E-state index contributed by atoms with van der Waals surface area (Å²) in [6.07, 6.45) is 1.35. The molecule has 2 aromatic carbocycles. The van der Waals surface area contributed by atoms with E-state index >= 15 is 0 Å². The molecule has 0 bridgehead atoms. The summed E-state index contributed by atoms with van der Waals surface area (Å²) in [6.45, 7) is 7.42. The van der Waals surface area contributed by atoms with Gasteiger partial charge in [0, 0.05) is 17.6 Å². The first kappa shape index (κ1) is 25.0. The van der Waals surface area contributed by atoms with Crippen LogP contribution in [0.4, 0.5) is 4.39 Å². The molecule has 0 saturated carbocycles. The van der Waals surface area contributed by atoms with Gasteiger partial charge in [-0.15, -0.1) is 12.4 Å². The zero-order chi connectivity index (χ0) is 22.1. The molecular formula is C22H28ClFN4O2S. The van der Waals surface area contributed by atoms with Gasteiger partial charge in [0.2, 0.25) is 10.0 Å². The lowest BCUT2D eigenvalue weighted by Crippen LogP contribution is -2.40. The number of hydrogen-bond acceptors (Lipinski definition) is 4. The van der Waals surface area contributed by atoms with Crippen molar-refractivity contribution in [3.63, 3.8) is 0 Å². The van der Waals surface area contributed by atoms with E-state index in [1.807, 2.05) is 25.1 Å². The molecule has 0 unspecified atom stereocenters. The number of nitrogens with one attached hydrogen (secondary N) is 1. The van der Waals surface area contributed by atoms with Crippen LogP contribution in [-0.4, -0.2) is 30.1 Å². The zero-order valence-corrected chi connectivity index (χ0v) is 19.6. The third-order valence-corrected chi connectivity index (χ3v) is 6.31. The second-order valence-electron chi connectivity index (χ2n) is 8.19. The highest BCUT2D eigenvalue weighted by Gasteiger charge is 2.22.